The molecule has 1 aromatic heterocycles. The Morgan fingerprint density at radius 3 is 2.83 bits per heavy atom. The number of aromatic nitrogens is 1. The maximum absolute atomic E-state index is 11.6. The van der Waals surface area contributed by atoms with Crippen molar-refractivity contribution in [3.63, 3.8) is 0 Å². The summed E-state index contributed by atoms with van der Waals surface area (Å²) in [4.78, 5) is 26.4. The Kier molecular flexibility index (Phi) is 5.75. The van der Waals surface area contributed by atoms with Crippen LogP contribution >= 0.6 is 0 Å². The van der Waals surface area contributed by atoms with Crippen LogP contribution in [0.5, 0.6) is 0 Å². The van der Waals surface area contributed by atoms with Crippen LogP contribution in [0, 0.1) is 0 Å². The van der Waals surface area contributed by atoms with Crippen LogP contribution in [-0.4, -0.2) is 41.1 Å². The zero-order chi connectivity index (χ0) is 13.4. The van der Waals surface area contributed by atoms with Crippen LogP contribution in [0.25, 0.3) is 0 Å². The first kappa shape index (κ1) is 14.1. The first-order chi connectivity index (χ1) is 8.63. The molecule has 0 aliphatic carbocycles. The molecular formula is C11H16N4O3. The number of nitrogens with zero attached hydrogens (tertiary/aromatic N) is 1. The van der Waals surface area contributed by atoms with Gasteiger partial charge in [-0.3, -0.25) is 14.6 Å². The van der Waals surface area contributed by atoms with Crippen molar-refractivity contribution in [1.29, 1.82) is 0 Å². The van der Waals surface area contributed by atoms with E-state index in [0.29, 0.717) is 18.8 Å². The second-order valence-electron chi connectivity index (χ2n) is 3.63. The van der Waals surface area contributed by atoms with Crippen LogP contribution in [0.3, 0.4) is 0 Å². The Balaban J connectivity index is 2.48. The van der Waals surface area contributed by atoms with Crippen molar-refractivity contribution in [1.82, 2.24) is 10.3 Å². The molecule has 0 fully saturated rings. The van der Waals surface area contributed by atoms with Crippen molar-refractivity contribution in [2.75, 3.05) is 18.4 Å². The number of nitrogens with one attached hydrogen (secondary N) is 2. The normalized spacial score (nSPS) is 11.8. The van der Waals surface area contributed by atoms with E-state index < -0.39 is 12.0 Å². The molecular weight excluding hydrogens is 236 g/mol. The molecule has 0 spiro atoms. The van der Waals surface area contributed by atoms with Gasteiger partial charge in [0.1, 0.15) is 6.04 Å². The molecule has 0 radical (unpaired) electrons. The van der Waals surface area contributed by atoms with Gasteiger partial charge in [0.15, 0.2) is 0 Å². The summed E-state index contributed by atoms with van der Waals surface area (Å²) in [5, 5.41) is 14.2. The Bertz CT molecular complexity index is 397. The third-order valence-electron chi connectivity index (χ3n) is 2.17. The fraction of sp³-hybridized carbons (Fsp3) is 0.364. The molecule has 7 heteroatoms. The summed E-state index contributed by atoms with van der Waals surface area (Å²) >= 11 is 0. The third kappa shape index (κ3) is 4.89. The standard InChI is InChI=1S/C11H16N4O3/c12-3-5-14-9(11(17)18)6-10(16)15-8-2-1-4-13-7-8/h1-2,4,7,9,14H,3,5-6,12H2,(H,15,16)(H,17,18). The molecule has 1 amide bonds. The highest BCUT2D eigenvalue weighted by Crippen LogP contribution is 2.04. The number of rotatable bonds is 7. The molecule has 0 aromatic carbocycles. The highest BCUT2D eigenvalue weighted by Gasteiger charge is 2.20. The highest BCUT2D eigenvalue weighted by molar-refractivity contribution is 5.93. The molecule has 1 atom stereocenters. The van der Waals surface area contributed by atoms with Crippen LogP contribution in [0.1, 0.15) is 6.42 Å². The van der Waals surface area contributed by atoms with Gasteiger partial charge in [-0.1, -0.05) is 0 Å². The molecule has 0 saturated carbocycles. The monoisotopic (exact) mass is 252 g/mol. The van der Waals surface area contributed by atoms with Crippen LogP contribution < -0.4 is 16.4 Å². The molecule has 1 heterocycles. The van der Waals surface area contributed by atoms with Crippen LogP contribution in [0.4, 0.5) is 5.69 Å². The smallest absolute Gasteiger partial charge is 0.321 e. The zero-order valence-corrected chi connectivity index (χ0v) is 9.80. The van der Waals surface area contributed by atoms with E-state index in [4.69, 9.17) is 10.8 Å². The fourth-order valence-corrected chi connectivity index (χ4v) is 1.34. The average molecular weight is 252 g/mol. The highest BCUT2D eigenvalue weighted by atomic mass is 16.4. The van der Waals surface area contributed by atoms with Crippen molar-refractivity contribution < 1.29 is 14.7 Å². The van der Waals surface area contributed by atoms with Gasteiger partial charge in [-0.15, -0.1) is 0 Å². The molecule has 98 valence electrons. The fourth-order valence-electron chi connectivity index (χ4n) is 1.34. The molecule has 18 heavy (non-hydrogen) atoms. The van der Waals surface area contributed by atoms with Gasteiger partial charge >= 0.3 is 5.97 Å². The van der Waals surface area contributed by atoms with Crippen molar-refractivity contribution in [2.45, 2.75) is 12.5 Å². The van der Waals surface area contributed by atoms with Gasteiger partial charge in [-0.25, -0.2) is 0 Å². The number of amides is 1. The number of carbonyl (C=O) groups excluding carboxylic acids is 1. The molecule has 5 N–H and O–H groups in total. The maximum Gasteiger partial charge on any atom is 0.321 e. The minimum absolute atomic E-state index is 0.162. The molecule has 0 aliphatic heterocycles. The van der Waals surface area contributed by atoms with E-state index in [9.17, 15) is 9.59 Å². The van der Waals surface area contributed by atoms with Crippen LogP contribution in [0.2, 0.25) is 0 Å². The summed E-state index contributed by atoms with van der Waals surface area (Å²) in [6.45, 7) is 0.658. The van der Waals surface area contributed by atoms with E-state index in [1.165, 1.54) is 6.20 Å². The van der Waals surface area contributed by atoms with Crippen LogP contribution in [0.15, 0.2) is 24.5 Å². The van der Waals surface area contributed by atoms with Gasteiger partial charge in [0.05, 0.1) is 18.3 Å². The van der Waals surface area contributed by atoms with Crippen molar-refractivity contribution >= 4 is 17.6 Å². The van der Waals surface area contributed by atoms with E-state index in [1.54, 1.807) is 18.3 Å². The Labute approximate surface area is 104 Å². The van der Waals surface area contributed by atoms with E-state index >= 15 is 0 Å². The molecule has 1 rings (SSSR count). The third-order valence-corrected chi connectivity index (χ3v) is 2.17. The molecule has 0 aliphatic rings. The van der Waals surface area contributed by atoms with E-state index in [1.807, 2.05) is 0 Å². The molecule has 1 unspecified atom stereocenters. The van der Waals surface area contributed by atoms with Gasteiger partial charge in [0.2, 0.25) is 5.91 Å². The van der Waals surface area contributed by atoms with Gasteiger partial charge in [-0.2, -0.15) is 0 Å². The Morgan fingerprint density at radius 2 is 2.28 bits per heavy atom. The first-order valence-electron chi connectivity index (χ1n) is 5.49. The number of nitrogens with two attached hydrogens (primary N) is 1. The summed E-state index contributed by atoms with van der Waals surface area (Å²) in [6.07, 6.45) is 2.91. The number of anilines is 1. The number of carboxylic acid groups (broad SMARTS) is 1. The minimum Gasteiger partial charge on any atom is -0.480 e. The Morgan fingerprint density at radius 1 is 1.50 bits per heavy atom. The lowest BCUT2D eigenvalue weighted by molar-refractivity contribution is -0.141. The molecule has 0 bridgehead atoms. The number of aliphatic carboxylic acids is 1. The van der Waals surface area contributed by atoms with Crippen LogP contribution in [-0.2, 0) is 9.59 Å². The second kappa shape index (κ2) is 7.36. The first-order valence-corrected chi connectivity index (χ1v) is 5.49. The average Bonchev–Trinajstić information content (AvgIpc) is 2.35. The van der Waals surface area contributed by atoms with E-state index in [2.05, 4.69) is 15.6 Å². The minimum atomic E-state index is -1.08. The number of pyridine rings is 1. The van der Waals surface area contributed by atoms with Gasteiger partial charge < -0.3 is 21.5 Å². The van der Waals surface area contributed by atoms with Crippen molar-refractivity contribution in [3.05, 3.63) is 24.5 Å². The SMILES string of the molecule is NCCNC(CC(=O)Nc1cccnc1)C(=O)O. The number of hydrogen-bond acceptors (Lipinski definition) is 5. The summed E-state index contributed by atoms with van der Waals surface area (Å²) in [7, 11) is 0. The summed E-state index contributed by atoms with van der Waals surface area (Å²) in [5.74, 6) is -1.47. The number of carbonyl (C=O) groups is 2. The van der Waals surface area contributed by atoms with E-state index in [0.717, 1.165) is 0 Å². The topological polar surface area (TPSA) is 117 Å². The van der Waals surface area contributed by atoms with Crippen molar-refractivity contribution in [3.8, 4) is 0 Å². The largest absolute Gasteiger partial charge is 0.480 e. The van der Waals surface area contributed by atoms with Gasteiger partial charge in [0.25, 0.3) is 0 Å². The van der Waals surface area contributed by atoms with Crippen molar-refractivity contribution in [2.24, 2.45) is 5.73 Å². The molecule has 7 nitrogen and oxygen atoms in total. The lowest BCUT2D eigenvalue weighted by atomic mass is 10.2. The molecule has 0 saturated heterocycles. The zero-order valence-electron chi connectivity index (χ0n) is 9.80. The predicted octanol–water partition coefficient (Wildman–Crippen LogP) is -0.588. The summed E-state index contributed by atoms with van der Waals surface area (Å²) < 4.78 is 0. The lowest BCUT2D eigenvalue weighted by Crippen LogP contribution is -2.41. The quantitative estimate of drug-likeness (QED) is 0.515. The van der Waals surface area contributed by atoms with Gasteiger partial charge in [0, 0.05) is 19.3 Å². The van der Waals surface area contributed by atoms with Gasteiger partial charge in [-0.05, 0) is 12.1 Å². The molecule has 1 aromatic rings. The summed E-state index contributed by atoms with van der Waals surface area (Å²) in [5.41, 5.74) is 5.80. The Hall–Kier alpha value is -1.99. The maximum atomic E-state index is 11.6. The lowest BCUT2D eigenvalue weighted by Gasteiger charge is -2.13. The summed E-state index contributed by atoms with van der Waals surface area (Å²) in [6, 6.07) is 2.41. The number of hydrogen-bond donors (Lipinski definition) is 4. The predicted molar refractivity (Wildman–Crippen MR) is 66.0 cm³/mol. The van der Waals surface area contributed by atoms with E-state index in [-0.39, 0.29) is 12.3 Å². The second-order valence-corrected chi connectivity index (χ2v) is 3.63. The number of carboxylic acids is 1.